The molecule has 0 saturated heterocycles. The van der Waals surface area contributed by atoms with Gasteiger partial charge in [0.2, 0.25) is 15.9 Å². The number of rotatable bonds is 5. The molecule has 4 N–H and O–H groups in total. The Kier molecular flexibility index (Phi) is 5.86. The van der Waals surface area contributed by atoms with Gasteiger partial charge in [-0.2, -0.15) is 13.2 Å². The van der Waals surface area contributed by atoms with Crippen LogP contribution in [0.1, 0.15) is 15.9 Å². The standard InChI is InChI=1S/C16H14F3N3O4S/c17-16(18,19)11-6-4-10(5-7-11)15(24)21-9-14(23)22-12-2-1-3-13(8-12)27(20,25)26/h1-8H,9H2,(H,21,24)(H,22,23)(H2,20,25,26). The predicted octanol–water partition coefficient (Wildman–Crippen LogP) is 1.72. The Morgan fingerprint density at radius 3 is 2.22 bits per heavy atom. The van der Waals surface area contributed by atoms with Crippen molar-refractivity contribution in [2.45, 2.75) is 11.1 Å². The number of hydrogen-bond donors (Lipinski definition) is 3. The summed E-state index contributed by atoms with van der Waals surface area (Å²) in [6, 6.07) is 8.68. The molecule has 2 aromatic rings. The first-order chi connectivity index (χ1) is 12.5. The molecule has 0 aliphatic rings. The maximum Gasteiger partial charge on any atom is 0.416 e. The molecule has 0 aliphatic heterocycles. The molecule has 2 rings (SSSR count). The maximum absolute atomic E-state index is 12.5. The van der Waals surface area contributed by atoms with Crippen molar-refractivity contribution in [3.05, 3.63) is 59.7 Å². The number of halogens is 3. The van der Waals surface area contributed by atoms with E-state index < -0.39 is 40.1 Å². The molecule has 0 aromatic heterocycles. The third kappa shape index (κ3) is 5.79. The summed E-state index contributed by atoms with van der Waals surface area (Å²) in [6.45, 7) is -0.473. The van der Waals surface area contributed by atoms with Crippen LogP contribution in [0.15, 0.2) is 53.4 Å². The molecule has 0 fully saturated rings. The van der Waals surface area contributed by atoms with E-state index in [9.17, 15) is 31.2 Å². The molecule has 0 unspecified atom stereocenters. The summed E-state index contributed by atoms with van der Waals surface area (Å²) in [5.41, 5.74) is -0.797. The number of sulfonamides is 1. The van der Waals surface area contributed by atoms with Crippen molar-refractivity contribution in [2.24, 2.45) is 5.14 Å². The number of nitrogens with two attached hydrogens (primary N) is 1. The van der Waals surface area contributed by atoms with Crippen molar-refractivity contribution in [3.63, 3.8) is 0 Å². The van der Waals surface area contributed by atoms with Crippen LogP contribution in [0.5, 0.6) is 0 Å². The van der Waals surface area contributed by atoms with Gasteiger partial charge in [-0.05, 0) is 42.5 Å². The van der Waals surface area contributed by atoms with E-state index in [1.807, 2.05) is 0 Å². The molecule has 0 radical (unpaired) electrons. The average Bonchev–Trinajstić information content (AvgIpc) is 2.58. The Hall–Kier alpha value is -2.92. The first kappa shape index (κ1) is 20.4. The van der Waals surface area contributed by atoms with E-state index in [1.54, 1.807) is 0 Å². The highest BCUT2D eigenvalue weighted by Gasteiger charge is 2.30. The maximum atomic E-state index is 12.5. The van der Waals surface area contributed by atoms with Crippen molar-refractivity contribution in [2.75, 3.05) is 11.9 Å². The number of carbonyl (C=O) groups excluding carboxylic acids is 2. The lowest BCUT2D eigenvalue weighted by Crippen LogP contribution is -2.32. The monoisotopic (exact) mass is 401 g/mol. The largest absolute Gasteiger partial charge is 0.416 e. The third-order valence-electron chi connectivity index (χ3n) is 3.33. The highest BCUT2D eigenvalue weighted by molar-refractivity contribution is 7.89. The molecule has 2 aromatic carbocycles. The minimum atomic E-state index is -4.51. The summed E-state index contributed by atoms with van der Waals surface area (Å²) in [5.74, 6) is -1.40. The van der Waals surface area contributed by atoms with Crippen molar-refractivity contribution in [1.82, 2.24) is 5.32 Å². The quantitative estimate of drug-likeness (QED) is 0.707. The lowest BCUT2D eigenvalue weighted by molar-refractivity contribution is -0.137. The molecule has 0 aliphatic carbocycles. The van der Waals surface area contributed by atoms with Gasteiger partial charge < -0.3 is 10.6 Å². The van der Waals surface area contributed by atoms with E-state index in [0.29, 0.717) is 0 Å². The fraction of sp³-hybridized carbons (Fsp3) is 0.125. The molecule has 2 amide bonds. The van der Waals surface area contributed by atoms with Gasteiger partial charge in [-0.1, -0.05) is 6.07 Å². The van der Waals surface area contributed by atoms with E-state index in [4.69, 9.17) is 5.14 Å². The second-order valence-corrected chi connectivity index (χ2v) is 6.94. The van der Waals surface area contributed by atoms with Crippen LogP contribution in [0.3, 0.4) is 0 Å². The van der Waals surface area contributed by atoms with Crippen molar-refractivity contribution < 1.29 is 31.2 Å². The summed E-state index contributed by atoms with van der Waals surface area (Å²) in [7, 11) is -3.94. The summed E-state index contributed by atoms with van der Waals surface area (Å²) in [6.07, 6.45) is -4.51. The number of amides is 2. The second-order valence-electron chi connectivity index (χ2n) is 5.38. The number of nitrogens with one attached hydrogen (secondary N) is 2. The van der Waals surface area contributed by atoms with E-state index in [2.05, 4.69) is 10.6 Å². The number of benzene rings is 2. The van der Waals surface area contributed by atoms with Gasteiger partial charge in [-0.3, -0.25) is 9.59 Å². The zero-order valence-electron chi connectivity index (χ0n) is 13.6. The van der Waals surface area contributed by atoms with E-state index in [1.165, 1.54) is 18.2 Å². The minimum absolute atomic E-state index is 0.0491. The van der Waals surface area contributed by atoms with Gasteiger partial charge in [0, 0.05) is 11.3 Å². The Balaban J connectivity index is 1.95. The number of hydrogen-bond acceptors (Lipinski definition) is 4. The first-order valence-corrected chi connectivity index (χ1v) is 8.89. The summed E-state index contributed by atoms with van der Waals surface area (Å²) in [5, 5.41) is 9.60. The predicted molar refractivity (Wildman–Crippen MR) is 90.2 cm³/mol. The van der Waals surface area contributed by atoms with E-state index in [0.717, 1.165) is 30.3 Å². The van der Waals surface area contributed by atoms with Crippen LogP contribution in [-0.2, 0) is 21.0 Å². The zero-order valence-corrected chi connectivity index (χ0v) is 14.4. The van der Waals surface area contributed by atoms with Crippen LogP contribution in [0, 0.1) is 0 Å². The van der Waals surface area contributed by atoms with Crippen LogP contribution in [0.4, 0.5) is 18.9 Å². The highest BCUT2D eigenvalue weighted by atomic mass is 32.2. The van der Waals surface area contributed by atoms with Gasteiger partial charge in [-0.25, -0.2) is 13.6 Å². The molecule has 0 saturated carbocycles. The van der Waals surface area contributed by atoms with Crippen molar-refractivity contribution in [3.8, 4) is 0 Å². The Morgan fingerprint density at radius 1 is 1.04 bits per heavy atom. The van der Waals surface area contributed by atoms with Gasteiger partial charge in [0.05, 0.1) is 17.0 Å². The molecular weight excluding hydrogens is 387 g/mol. The Labute approximate surface area is 152 Å². The summed E-state index contributed by atoms with van der Waals surface area (Å²) >= 11 is 0. The molecule has 0 bridgehead atoms. The number of carbonyl (C=O) groups is 2. The summed E-state index contributed by atoms with van der Waals surface area (Å²) < 4.78 is 60.0. The van der Waals surface area contributed by atoms with Gasteiger partial charge in [-0.15, -0.1) is 0 Å². The van der Waals surface area contributed by atoms with Gasteiger partial charge in [0.25, 0.3) is 5.91 Å². The van der Waals surface area contributed by atoms with Crippen LogP contribution >= 0.6 is 0 Å². The molecule has 0 spiro atoms. The Morgan fingerprint density at radius 2 is 1.67 bits per heavy atom. The fourth-order valence-electron chi connectivity index (χ4n) is 2.03. The number of primary sulfonamides is 1. The molecule has 144 valence electrons. The normalized spacial score (nSPS) is 11.7. The third-order valence-corrected chi connectivity index (χ3v) is 4.24. The van der Waals surface area contributed by atoms with Crippen molar-refractivity contribution in [1.29, 1.82) is 0 Å². The average molecular weight is 401 g/mol. The van der Waals surface area contributed by atoms with Crippen LogP contribution in [-0.4, -0.2) is 26.8 Å². The van der Waals surface area contributed by atoms with Crippen LogP contribution in [0.25, 0.3) is 0 Å². The summed E-state index contributed by atoms with van der Waals surface area (Å²) in [4.78, 5) is 23.5. The number of alkyl halides is 3. The fourth-order valence-corrected chi connectivity index (χ4v) is 2.59. The molecule has 0 atom stereocenters. The van der Waals surface area contributed by atoms with Gasteiger partial charge >= 0.3 is 6.18 Å². The second kappa shape index (κ2) is 7.76. The van der Waals surface area contributed by atoms with Crippen LogP contribution < -0.4 is 15.8 Å². The van der Waals surface area contributed by atoms with Crippen molar-refractivity contribution >= 4 is 27.5 Å². The molecule has 0 heterocycles. The SMILES string of the molecule is NS(=O)(=O)c1cccc(NC(=O)CNC(=O)c2ccc(C(F)(F)F)cc2)c1. The molecule has 11 heteroatoms. The lowest BCUT2D eigenvalue weighted by Gasteiger charge is -2.09. The molecule has 7 nitrogen and oxygen atoms in total. The zero-order chi connectivity index (χ0) is 20.2. The van der Waals surface area contributed by atoms with E-state index >= 15 is 0 Å². The van der Waals surface area contributed by atoms with Gasteiger partial charge in [0.1, 0.15) is 0 Å². The van der Waals surface area contributed by atoms with Crippen LogP contribution in [0.2, 0.25) is 0 Å². The molecular formula is C16H14F3N3O4S. The first-order valence-electron chi connectivity index (χ1n) is 7.35. The van der Waals surface area contributed by atoms with E-state index in [-0.39, 0.29) is 16.1 Å². The molecule has 27 heavy (non-hydrogen) atoms. The topological polar surface area (TPSA) is 118 Å². The highest BCUT2D eigenvalue weighted by Crippen LogP contribution is 2.29. The smallest absolute Gasteiger partial charge is 0.343 e. The Bertz CT molecular complexity index is 958. The number of anilines is 1. The lowest BCUT2D eigenvalue weighted by atomic mass is 10.1. The van der Waals surface area contributed by atoms with Gasteiger partial charge in [0.15, 0.2) is 0 Å². The minimum Gasteiger partial charge on any atom is -0.343 e.